The summed E-state index contributed by atoms with van der Waals surface area (Å²) in [6.07, 6.45) is 0.212. The highest BCUT2D eigenvalue weighted by Gasteiger charge is 2.27. The summed E-state index contributed by atoms with van der Waals surface area (Å²) in [6, 6.07) is -0.309. The first-order valence-electron chi connectivity index (χ1n) is 8.53. The molecule has 0 saturated heterocycles. The Balaban J connectivity index is 3.14. The largest absolute Gasteiger partial charge is 0.464 e. The van der Waals surface area contributed by atoms with Gasteiger partial charge in [0.1, 0.15) is 10.6 Å². The zero-order valence-corrected chi connectivity index (χ0v) is 17.2. The van der Waals surface area contributed by atoms with Crippen molar-refractivity contribution >= 4 is 23.4 Å². The molecule has 0 aliphatic carbocycles. The van der Waals surface area contributed by atoms with Crippen molar-refractivity contribution < 1.29 is 19.1 Å². The van der Waals surface area contributed by atoms with Crippen LogP contribution in [0.2, 0.25) is 0 Å². The lowest BCUT2D eigenvalue weighted by molar-refractivity contribution is 0.0497. The standard InChI is InChI=1S/C18H30N2O4S/c1-10(2)9-12(19-17(22)24-18(5,6)7)15-20-13(16(21)23-8)14(25-15)11(3)4/h10-12H,9H2,1-8H3,(H,19,22). The predicted molar refractivity (Wildman–Crippen MR) is 99.1 cm³/mol. The van der Waals surface area contributed by atoms with Crippen LogP contribution in [0.25, 0.3) is 0 Å². The molecule has 0 spiro atoms. The fraction of sp³-hybridized carbons (Fsp3) is 0.722. The maximum atomic E-state index is 12.2. The third-order valence-electron chi connectivity index (χ3n) is 3.27. The fourth-order valence-corrected chi connectivity index (χ4v) is 3.40. The molecule has 7 heteroatoms. The summed E-state index contributed by atoms with van der Waals surface area (Å²) in [5.41, 5.74) is -0.243. The summed E-state index contributed by atoms with van der Waals surface area (Å²) in [6.45, 7) is 13.6. The second-order valence-corrected chi connectivity index (χ2v) is 8.80. The Labute approximate surface area is 154 Å². The van der Waals surface area contributed by atoms with Crippen LogP contribution in [0.5, 0.6) is 0 Å². The first kappa shape index (κ1) is 21.4. The third-order valence-corrected chi connectivity index (χ3v) is 4.74. The molecule has 1 aromatic heterocycles. The van der Waals surface area contributed by atoms with E-state index < -0.39 is 17.7 Å². The maximum absolute atomic E-state index is 12.2. The van der Waals surface area contributed by atoms with E-state index in [4.69, 9.17) is 9.47 Å². The van der Waals surface area contributed by atoms with Gasteiger partial charge in [-0.3, -0.25) is 0 Å². The highest BCUT2D eigenvalue weighted by Crippen LogP contribution is 2.33. The van der Waals surface area contributed by atoms with Crippen LogP contribution in [-0.4, -0.2) is 29.8 Å². The SMILES string of the molecule is COC(=O)c1nc(C(CC(C)C)NC(=O)OC(C)(C)C)sc1C(C)C. The molecular weight excluding hydrogens is 340 g/mol. The summed E-state index contributed by atoms with van der Waals surface area (Å²) in [7, 11) is 1.34. The lowest BCUT2D eigenvalue weighted by Crippen LogP contribution is -2.35. The monoisotopic (exact) mass is 370 g/mol. The molecule has 0 bridgehead atoms. The maximum Gasteiger partial charge on any atom is 0.408 e. The topological polar surface area (TPSA) is 77.5 Å². The number of thiazole rings is 1. The zero-order chi connectivity index (χ0) is 19.4. The quantitative estimate of drug-likeness (QED) is 0.737. The van der Waals surface area contributed by atoms with E-state index in [2.05, 4.69) is 24.1 Å². The van der Waals surface area contributed by atoms with E-state index >= 15 is 0 Å². The molecule has 1 rings (SSSR count). The van der Waals surface area contributed by atoms with E-state index in [1.54, 1.807) is 0 Å². The van der Waals surface area contributed by atoms with Crippen molar-refractivity contribution in [2.24, 2.45) is 5.92 Å². The van der Waals surface area contributed by atoms with Gasteiger partial charge in [0, 0.05) is 4.88 Å². The number of hydrogen-bond donors (Lipinski definition) is 1. The zero-order valence-electron chi connectivity index (χ0n) is 16.4. The van der Waals surface area contributed by atoms with Crippen LogP contribution in [0.15, 0.2) is 0 Å². The fourth-order valence-electron chi connectivity index (χ4n) is 2.28. The van der Waals surface area contributed by atoms with Crippen LogP contribution in [0.4, 0.5) is 4.79 Å². The van der Waals surface area contributed by atoms with Crippen molar-refractivity contribution in [3.63, 3.8) is 0 Å². The molecular formula is C18H30N2O4S. The van der Waals surface area contributed by atoms with Gasteiger partial charge in [-0.25, -0.2) is 14.6 Å². The molecule has 1 amide bonds. The molecule has 142 valence electrons. The van der Waals surface area contributed by atoms with Gasteiger partial charge in [-0.05, 0) is 39.0 Å². The molecule has 1 unspecified atom stereocenters. The molecule has 1 heterocycles. The van der Waals surface area contributed by atoms with Gasteiger partial charge in [0.2, 0.25) is 0 Å². The number of carbonyl (C=O) groups is 2. The van der Waals surface area contributed by atoms with Crippen LogP contribution in [0.1, 0.15) is 87.2 Å². The molecule has 0 aliphatic rings. The Kier molecular flexibility index (Phi) is 7.41. The molecule has 0 fully saturated rings. The van der Waals surface area contributed by atoms with E-state index in [0.717, 1.165) is 4.88 Å². The number of nitrogens with one attached hydrogen (secondary N) is 1. The Bertz CT molecular complexity index is 603. The van der Waals surface area contributed by atoms with Crippen molar-refractivity contribution in [1.82, 2.24) is 10.3 Å². The van der Waals surface area contributed by atoms with Crippen LogP contribution in [0, 0.1) is 5.92 Å². The third kappa shape index (κ3) is 6.65. The summed E-state index contributed by atoms with van der Waals surface area (Å²) < 4.78 is 10.2. The molecule has 1 atom stereocenters. The van der Waals surface area contributed by atoms with Gasteiger partial charge < -0.3 is 14.8 Å². The van der Waals surface area contributed by atoms with Gasteiger partial charge in [-0.2, -0.15) is 0 Å². The first-order chi connectivity index (χ1) is 11.4. The van der Waals surface area contributed by atoms with Gasteiger partial charge in [0.05, 0.1) is 13.2 Å². The summed E-state index contributed by atoms with van der Waals surface area (Å²) in [5.74, 6) is 0.0289. The minimum atomic E-state index is -0.574. The van der Waals surface area contributed by atoms with Crippen molar-refractivity contribution in [3.05, 3.63) is 15.6 Å². The van der Waals surface area contributed by atoms with Crippen molar-refractivity contribution in [2.45, 2.75) is 72.4 Å². The lowest BCUT2D eigenvalue weighted by atomic mass is 10.0. The van der Waals surface area contributed by atoms with E-state index in [-0.39, 0.29) is 12.0 Å². The number of nitrogens with zero attached hydrogens (tertiary/aromatic N) is 1. The van der Waals surface area contributed by atoms with E-state index in [9.17, 15) is 9.59 Å². The average Bonchev–Trinajstić information content (AvgIpc) is 2.88. The van der Waals surface area contributed by atoms with Crippen LogP contribution in [0.3, 0.4) is 0 Å². The number of aromatic nitrogens is 1. The number of ether oxygens (including phenoxy) is 2. The highest BCUT2D eigenvalue weighted by atomic mass is 32.1. The normalized spacial score (nSPS) is 13.0. The van der Waals surface area contributed by atoms with Gasteiger partial charge >= 0.3 is 12.1 Å². The highest BCUT2D eigenvalue weighted by molar-refractivity contribution is 7.12. The second kappa shape index (κ2) is 8.65. The Morgan fingerprint density at radius 3 is 2.24 bits per heavy atom. The minimum absolute atomic E-state index is 0.140. The molecule has 0 aliphatic heterocycles. The number of esters is 1. The summed E-state index contributed by atoms with van der Waals surface area (Å²) in [4.78, 5) is 29.5. The van der Waals surface area contributed by atoms with Gasteiger partial charge in [0.25, 0.3) is 0 Å². The molecule has 25 heavy (non-hydrogen) atoms. The predicted octanol–water partition coefficient (Wildman–Crippen LogP) is 4.67. The van der Waals surface area contributed by atoms with E-state index in [1.165, 1.54) is 18.4 Å². The molecule has 0 radical (unpaired) electrons. The number of amides is 1. The Morgan fingerprint density at radius 2 is 1.80 bits per heavy atom. The summed E-state index contributed by atoms with van der Waals surface area (Å²) >= 11 is 1.44. The lowest BCUT2D eigenvalue weighted by Gasteiger charge is -2.23. The average molecular weight is 371 g/mol. The number of methoxy groups -OCH3 is 1. The molecule has 1 N–H and O–H groups in total. The Hall–Kier alpha value is -1.63. The second-order valence-electron chi connectivity index (χ2n) is 7.74. The number of alkyl carbamates (subject to hydrolysis) is 1. The molecule has 0 aromatic carbocycles. The van der Waals surface area contributed by atoms with E-state index in [0.29, 0.717) is 23.0 Å². The summed E-state index contributed by atoms with van der Waals surface area (Å²) in [5, 5.41) is 3.59. The van der Waals surface area contributed by atoms with Gasteiger partial charge in [-0.15, -0.1) is 11.3 Å². The van der Waals surface area contributed by atoms with E-state index in [1.807, 2.05) is 34.6 Å². The van der Waals surface area contributed by atoms with Crippen LogP contribution < -0.4 is 5.32 Å². The smallest absolute Gasteiger partial charge is 0.408 e. The van der Waals surface area contributed by atoms with Crippen molar-refractivity contribution in [1.29, 1.82) is 0 Å². The number of carbonyl (C=O) groups excluding carboxylic acids is 2. The molecule has 0 saturated carbocycles. The number of hydrogen-bond acceptors (Lipinski definition) is 6. The Morgan fingerprint density at radius 1 is 1.20 bits per heavy atom. The van der Waals surface area contributed by atoms with Gasteiger partial charge in [0.15, 0.2) is 5.69 Å². The first-order valence-corrected chi connectivity index (χ1v) is 9.34. The molecule has 6 nitrogen and oxygen atoms in total. The van der Waals surface area contributed by atoms with Gasteiger partial charge in [-0.1, -0.05) is 27.7 Å². The minimum Gasteiger partial charge on any atom is -0.464 e. The van der Waals surface area contributed by atoms with Crippen molar-refractivity contribution in [2.75, 3.05) is 7.11 Å². The van der Waals surface area contributed by atoms with Crippen LogP contribution in [-0.2, 0) is 9.47 Å². The van der Waals surface area contributed by atoms with Crippen molar-refractivity contribution in [3.8, 4) is 0 Å². The van der Waals surface area contributed by atoms with Crippen LogP contribution >= 0.6 is 11.3 Å². The molecule has 1 aromatic rings. The number of rotatable bonds is 6.